The zero-order chi connectivity index (χ0) is 38.8. The molecular weight excluding hydrogens is 727 g/mol. The summed E-state index contributed by atoms with van der Waals surface area (Å²) < 4.78 is 29.1. The molecule has 0 bridgehead atoms. The van der Waals surface area contributed by atoms with E-state index in [1.54, 1.807) is 34.3 Å². The molecule has 288 valence electrons. The van der Waals surface area contributed by atoms with E-state index in [-0.39, 0.29) is 41.8 Å². The third-order valence-corrected chi connectivity index (χ3v) is 12.5. The van der Waals surface area contributed by atoms with E-state index < -0.39 is 28.1 Å². The Kier molecular flexibility index (Phi) is 13.9. The van der Waals surface area contributed by atoms with Gasteiger partial charge in [0.05, 0.1) is 29.5 Å². The van der Waals surface area contributed by atoms with E-state index in [0.29, 0.717) is 44.5 Å². The maximum absolute atomic E-state index is 13.9. The van der Waals surface area contributed by atoms with Crippen LogP contribution in [0.3, 0.4) is 0 Å². The number of carbonyl (C=O) groups is 2. The van der Waals surface area contributed by atoms with Crippen LogP contribution in [0.25, 0.3) is 10.6 Å². The van der Waals surface area contributed by atoms with Gasteiger partial charge in [-0.15, -0.1) is 11.3 Å². The number of oxime groups is 1. The minimum absolute atomic E-state index is 0.0204. The normalized spacial score (nSPS) is 16.0. The number of pyridine rings is 1. The predicted octanol–water partition coefficient (Wildman–Crippen LogP) is 5.09. The van der Waals surface area contributed by atoms with Gasteiger partial charge in [-0.2, -0.15) is 4.31 Å². The molecule has 0 spiro atoms. The molecule has 1 aliphatic rings. The standard InChI is InChI=1S/C39H49N7O6S2/c1-27(2)23-45(54(51,52)34-15-12-30(13-16-34)21-42-50)25-35(47)31(20-29-8-5-4-6-9-29)14-11-28(3)36(37(40)48)46-19-18-44(39(46)49)24-33-26-53-38(43-33)32-10-7-17-41-22-32/h4-10,12-13,15-17,21-22,26-28,31,35-36,47,50H,11,14,18-20,23-25H2,1-3H3,(H2,40,48)/t28?,31-,35-,36?/m0/s1. The molecule has 0 saturated carbocycles. The summed E-state index contributed by atoms with van der Waals surface area (Å²) in [6.45, 7) is 6.83. The Balaban J connectivity index is 1.29. The number of benzene rings is 2. The number of carbonyl (C=O) groups excluding carboxylic acids is 2. The lowest BCUT2D eigenvalue weighted by atomic mass is 9.85. The second kappa shape index (κ2) is 18.6. The van der Waals surface area contributed by atoms with Gasteiger partial charge in [0.15, 0.2) is 0 Å². The maximum atomic E-state index is 13.9. The first-order valence-electron chi connectivity index (χ1n) is 18.1. The molecule has 1 fully saturated rings. The first kappa shape index (κ1) is 40.5. The Morgan fingerprint density at radius 3 is 2.43 bits per heavy atom. The van der Waals surface area contributed by atoms with Crippen LogP contribution in [-0.2, 0) is 27.8 Å². The minimum atomic E-state index is -3.99. The lowest BCUT2D eigenvalue weighted by Crippen LogP contribution is -2.50. The molecule has 3 amide bonds. The van der Waals surface area contributed by atoms with Crippen molar-refractivity contribution in [3.05, 3.63) is 101 Å². The van der Waals surface area contributed by atoms with Crippen LogP contribution in [-0.4, -0.2) is 99.3 Å². The van der Waals surface area contributed by atoms with Gasteiger partial charge in [-0.1, -0.05) is 68.4 Å². The second-order valence-electron chi connectivity index (χ2n) is 14.2. The van der Waals surface area contributed by atoms with Crippen molar-refractivity contribution in [3.8, 4) is 10.6 Å². The van der Waals surface area contributed by atoms with E-state index in [4.69, 9.17) is 15.9 Å². The molecule has 2 aromatic heterocycles. The van der Waals surface area contributed by atoms with E-state index in [1.165, 1.54) is 34.0 Å². The smallest absolute Gasteiger partial charge is 0.321 e. The van der Waals surface area contributed by atoms with Gasteiger partial charge >= 0.3 is 6.03 Å². The molecule has 4 atom stereocenters. The van der Waals surface area contributed by atoms with E-state index in [2.05, 4.69) is 10.1 Å². The molecule has 4 aromatic rings. The van der Waals surface area contributed by atoms with Crippen LogP contribution in [0.2, 0.25) is 0 Å². The third kappa shape index (κ3) is 10.3. The number of rotatable bonds is 19. The van der Waals surface area contributed by atoms with Crippen LogP contribution < -0.4 is 5.73 Å². The number of thiazole rings is 1. The highest BCUT2D eigenvalue weighted by molar-refractivity contribution is 7.89. The van der Waals surface area contributed by atoms with Crippen LogP contribution >= 0.6 is 11.3 Å². The van der Waals surface area contributed by atoms with Crippen molar-refractivity contribution in [3.63, 3.8) is 0 Å². The van der Waals surface area contributed by atoms with Gasteiger partial charge < -0.3 is 25.8 Å². The molecule has 0 aliphatic carbocycles. The Hall–Kier alpha value is -4.70. The predicted molar refractivity (Wildman–Crippen MR) is 208 cm³/mol. The number of primary amides is 1. The van der Waals surface area contributed by atoms with Crippen molar-refractivity contribution in [1.29, 1.82) is 0 Å². The summed E-state index contributed by atoms with van der Waals surface area (Å²) in [4.78, 5) is 38.8. The van der Waals surface area contributed by atoms with Gasteiger partial charge in [0.25, 0.3) is 0 Å². The third-order valence-electron chi connectivity index (χ3n) is 9.67. The second-order valence-corrected chi connectivity index (χ2v) is 17.0. The van der Waals surface area contributed by atoms with Crippen molar-refractivity contribution < 1.29 is 28.3 Å². The van der Waals surface area contributed by atoms with E-state index in [0.717, 1.165) is 21.8 Å². The number of nitrogens with zero attached hydrogens (tertiary/aromatic N) is 6. The Labute approximate surface area is 321 Å². The first-order chi connectivity index (χ1) is 25.9. The molecule has 2 aromatic carbocycles. The number of urea groups is 1. The van der Waals surface area contributed by atoms with Crippen LogP contribution in [0, 0.1) is 17.8 Å². The van der Waals surface area contributed by atoms with Crippen LogP contribution in [0.4, 0.5) is 4.79 Å². The highest BCUT2D eigenvalue weighted by atomic mass is 32.2. The maximum Gasteiger partial charge on any atom is 0.321 e. The SMILES string of the molecule is CC(C)CN(C[C@H](O)[C@@H](CCC(C)C(C(N)=O)N1CCN(Cc2csc(-c3cccnc3)n2)C1=O)Cc1ccccc1)S(=O)(=O)c1ccc(C=NO)cc1. The average molecular weight is 776 g/mol. The zero-order valence-electron chi connectivity index (χ0n) is 30.8. The fourth-order valence-electron chi connectivity index (χ4n) is 6.90. The number of aliphatic hydroxyl groups is 1. The monoisotopic (exact) mass is 775 g/mol. The lowest BCUT2D eigenvalue weighted by Gasteiger charge is -2.33. The highest BCUT2D eigenvalue weighted by Crippen LogP contribution is 2.29. The largest absolute Gasteiger partial charge is 0.411 e. The Bertz CT molecular complexity index is 1960. The van der Waals surface area contributed by atoms with Crippen LogP contribution in [0.15, 0.2) is 94.6 Å². The molecule has 0 radical (unpaired) electrons. The Morgan fingerprint density at radius 1 is 1.04 bits per heavy atom. The fraction of sp³-hybridized carbons (Fsp3) is 0.410. The molecule has 5 rings (SSSR count). The van der Waals surface area contributed by atoms with Crippen LogP contribution in [0.5, 0.6) is 0 Å². The van der Waals surface area contributed by atoms with Crippen LogP contribution in [0.1, 0.15) is 50.4 Å². The van der Waals surface area contributed by atoms with Gasteiger partial charge in [0, 0.05) is 49.5 Å². The van der Waals surface area contributed by atoms with Gasteiger partial charge in [-0.3, -0.25) is 9.78 Å². The summed E-state index contributed by atoms with van der Waals surface area (Å²) in [5.74, 6) is -1.34. The van der Waals surface area contributed by atoms with E-state index in [9.17, 15) is 23.1 Å². The minimum Gasteiger partial charge on any atom is -0.411 e. The fourth-order valence-corrected chi connectivity index (χ4v) is 9.33. The summed E-state index contributed by atoms with van der Waals surface area (Å²) in [6.07, 6.45) is 5.00. The summed E-state index contributed by atoms with van der Waals surface area (Å²) in [5, 5.41) is 26.4. The van der Waals surface area contributed by atoms with Gasteiger partial charge in [-0.25, -0.2) is 18.2 Å². The molecule has 1 saturated heterocycles. The molecule has 2 unspecified atom stereocenters. The summed E-state index contributed by atoms with van der Waals surface area (Å²) in [7, 11) is -3.99. The number of aliphatic hydroxyl groups excluding tert-OH is 1. The van der Waals surface area contributed by atoms with Gasteiger partial charge in [0.2, 0.25) is 15.9 Å². The van der Waals surface area contributed by atoms with Crippen molar-refractivity contribution >= 4 is 39.5 Å². The molecular formula is C39H49N7O6S2. The van der Waals surface area contributed by atoms with Crippen molar-refractivity contribution in [2.45, 2.75) is 63.6 Å². The molecule has 4 N–H and O–H groups in total. The molecule has 3 heterocycles. The highest BCUT2D eigenvalue weighted by Gasteiger charge is 2.40. The summed E-state index contributed by atoms with van der Waals surface area (Å²) in [6, 6.07) is 18.3. The number of aromatic nitrogens is 2. The number of hydrogen-bond acceptors (Lipinski definition) is 10. The summed E-state index contributed by atoms with van der Waals surface area (Å²) in [5.41, 5.74) is 9.14. The number of amides is 3. The van der Waals surface area contributed by atoms with Gasteiger partial charge in [0.1, 0.15) is 11.0 Å². The zero-order valence-corrected chi connectivity index (χ0v) is 32.4. The number of sulfonamides is 1. The topological polar surface area (TPSA) is 183 Å². The molecule has 1 aliphatic heterocycles. The van der Waals surface area contributed by atoms with E-state index >= 15 is 0 Å². The number of nitrogens with two attached hydrogens (primary N) is 1. The molecule has 13 nitrogen and oxygen atoms in total. The lowest BCUT2D eigenvalue weighted by molar-refractivity contribution is -0.123. The van der Waals surface area contributed by atoms with Crippen molar-refractivity contribution in [2.24, 2.45) is 28.6 Å². The van der Waals surface area contributed by atoms with Gasteiger partial charge in [-0.05, 0) is 72.4 Å². The van der Waals surface area contributed by atoms with Crippen molar-refractivity contribution in [1.82, 2.24) is 24.1 Å². The summed E-state index contributed by atoms with van der Waals surface area (Å²) >= 11 is 1.48. The molecule has 54 heavy (non-hydrogen) atoms. The number of hydrogen-bond donors (Lipinski definition) is 3. The quantitative estimate of drug-likeness (QED) is 0.0669. The Morgan fingerprint density at radius 2 is 1.78 bits per heavy atom. The van der Waals surface area contributed by atoms with Crippen molar-refractivity contribution in [2.75, 3.05) is 26.2 Å². The first-order valence-corrected chi connectivity index (χ1v) is 20.4. The average Bonchev–Trinajstić information content (AvgIpc) is 3.77. The molecule has 15 heteroatoms. The van der Waals surface area contributed by atoms with E-state index in [1.807, 2.05) is 68.6 Å².